The maximum atomic E-state index is 12.3. The predicted molar refractivity (Wildman–Crippen MR) is 75.5 cm³/mol. The molecule has 5 nitrogen and oxygen atoms in total. The highest BCUT2D eigenvalue weighted by atomic mass is 32.2. The van der Waals surface area contributed by atoms with E-state index >= 15 is 0 Å². The highest BCUT2D eigenvalue weighted by Crippen LogP contribution is 2.20. The van der Waals surface area contributed by atoms with E-state index in [9.17, 15) is 8.42 Å². The first-order valence-corrected chi connectivity index (χ1v) is 7.61. The molecule has 19 heavy (non-hydrogen) atoms. The van der Waals surface area contributed by atoms with Crippen LogP contribution in [0, 0.1) is 13.8 Å². The van der Waals surface area contributed by atoms with E-state index in [1.807, 2.05) is 13.0 Å². The fraction of sp³-hybridized carbons (Fsp3) is 0.538. The number of methoxy groups -OCH3 is 1. The summed E-state index contributed by atoms with van der Waals surface area (Å²) < 4.78 is 32.1. The van der Waals surface area contributed by atoms with Gasteiger partial charge in [0.2, 0.25) is 10.0 Å². The quantitative estimate of drug-likeness (QED) is 0.820. The Morgan fingerprint density at radius 1 is 1.32 bits per heavy atom. The van der Waals surface area contributed by atoms with Crippen LogP contribution in [0.25, 0.3) is 0 Å². The third kappa shape index (κ3) is 4.01. The molecule has 0 saturated heterocycles. The van der Waals surface area contributed by atoms with Gasteiger partial charge in [0.15, 0.2) is 0 Å². The second-order valence-corrected chi connectivity index (χ2v) is 6.41. The van der Waals surface area contributed by atoms with Crippen molar-refractivity contribution >= 4 is 10.0 Å². The maximum absolute atomic E-state index is 12.3. The largest absolute Gasteiger partial charge is 0.383 e. The number of hydrogen-bond donors (Lipinski definition) is 2. The highest BCUT2D eigenvalue weighted by Gasteiger charge is 2.20. The Kier molecular flexibility index (Phi) is 5.49. The number of ether oxygens (including phenoxy) is 1. The van der Waals surface area contributed by atoms with E-state index in [0.29, 0.717) is 18.7 Å². The lowest BCUT2D eigenvalue weighted by Crippen LogP contribution is -2.36. The molecule has 0 bridgehead atoms. The van der Waals surface area contributed by atoms with Crippen LogP contribution >= 0.6 is 0 Å². The average Bonchev–Trinajstić information content (AvgIpc) is 2.28. The van der Waals surface area contributed by atoms with Gasteiger partial charge in [-0.2, -0.15) is 0 Å². The van der Waals surface area contributed by atoms with Crippen molar-refractivity contribution in [2.75, 3.05) is 13.7 Å². The molecule has 1 rings (SSSR count). The molecular weight excluding hydrogens is 264 g/mol. The average molecular weight is 286 g/mol. The summed E-state index contributed by atoms with van der Waals surface area (Å²) in [4.78, 5) is 0.279. The molecule has 108 valence electrons. The third-order valence-electron chi connectivity index (χ3n) is 2.92. The zero-order chi connectivity index (χ0) is 14.6. The summed E-state index contributed by atoms with van der Waals surface area (Å²) in [6, 6.07) is 3.21. The molecule has 0 aliphatic heterocycles. The minimum absolute atomic E-state index is 0.279. The molecule has 1 atom stereocenters. The highest BCUT2D eigenvalue weighted by molar-refractivity contribution is 7.89. The third-order valence-corrected chi connectivity index (χ3v) is 4.65. The van der Waals surface area contributed by atoms with Crippen LogP contribution in [0.1, 0.15) is 23.6 Å². The van der Waals surface area contributed by atoms with Crippen molar-refractivity contribution in [2.24, 2.45) is 5.73 Å². The van der Waals surface area contributed by atoms with Crippen molar-refractivity contribution in [3.8, 4) is 0 Å². The van der Waals surface area contributed by atoms with Crippen molar-refractivity contribution in [1.29, 1.82) is 0 Å². The van der Waals surface area contributed by atoms with Crippen LogP contribution in [0.2, 0.25) is 0 Å². The van der Waals surface area contributed by atoms with E-state index in [4.69, 9.17) is 10.5 Å². The number of aryl methyl sites for hydroxylation is 2. The van der Waals surface area contributed by atoms with Crippen LogP contribution in [-0.2, 0) is 21.3 Å². The number of nitrogens with two attached hydrogens (primary N) is 1. The maximum Gasteiger partial charge on any atom is 0.241 e. The van der Waals surface area contributed by atoms with Crippen LogP contribution in [0.5, 0.6) is 0 Å². The Hall–Kier alpha value is -0.950. The van der Waals surface area contributed by atoms with Gasteiger partial charge in [-0.05, 0) is 43.5 Å². The molecule has 1 aromatic rings. The molecule has 0 saturated carbocycles. The number of sulfonamides is 1. The number of hydrogen-bond acceptors (Lipinski definition) is 4. The van der Waals surface area contributed by atoms with Crippen molar-refractivity contribution in [3.05, 3.63) is 28.8 Å². The van der Waals surface area contributed by atoms with Gasteiger partial charge in [0.25, 0.3) is 0 Å². The molecule has 1 unspecified atom stereocenters. The monoisotopic (exact) mass is 286 g/mol. The molecule has 0 fully saturated rings. The zero-order valence-electron chi connectivity index (χ0n) is 11.9. The zero-order valence-corrected chi connectivity index (χ0v) is 12.7. The van der Waals surface area contributed by atoms with Gasteiger partial charge in [-0.15, -0.1) is 0 Å². The Morgan fingerprint density at radius 2 is 1.95 bits per heavy atom. The van der Waals surface area contributed by atoms with Gasteiger partial charge < -0.3 is 10.5 Å². The van der Waals surface area contributed by atoms with Gasteiger partial charge in [0.05, 0.1) is 11.5 Å². The fourth-order valence-electron chi connectivity index (χ4n) is 2.00. The van der Waals surface area contributed by atoms with E-state index in [-0.39, 0.29) is 10.9 Å². The van der Waals surface area contributed by atoms with Crippen molar-refractivity contribution in [2.45, 2.75) is 38.3 Å². The van der Waals surface area contributed by atoms with E-state index in [1.165, 1.54) is 7.11 Å². The molecular formula is C13H22N2O3S. The minimum atomic E-state index is -3.55. The molecule has 3 N–H and O–H groups in total. The molecule has 6 heteroatoms. The molecule has 1 aromatic carbocycles. The van der Waals surface area contributed by atoms with Gasteiger partial charge in [-0.3, -0.25) is 0 Å². The Balaban J connectivity index is 3.14. The second-order valence-electron chi connectivity index (χ2n) is 4.73. The van der Waals surface area contributed by atoms with E-state index in [0.717, 1.165) is 11.1 Å². The number of nitrogens with one attached hydrogen (secondary N) is 1. The predicted octanol–water partition coefficient (Wildman–Crippen LogP) is 1.08. The standard InChI is InChI=1S/C13H22N2O3S/c1-9-5-10(2)13(6-12(9)7-14)19(16,17)15-11(3)8-18-4/h5-6,11,15H,7-8,14H2,1-4H3. The van der Waals surface area contributed by atoms with Gasteiger partial charge in [0.1, 0.15) is 0 Å². The second kappa shape index (κ2) is 6.47. The van der Waals surface area contributed by atoms with Gasteiger partial charge >= 0.3 is 0 Å². The SMILES string of the molecule is COCC(C)NS(=O)(=O)c1cc(CN)c(C)cc1C. The summed E-state index contributed by atoms with van der Waals surface area (Å²) in [5.41, 5.74) is 8.18. The topological polar surface area (TPSA) is 81.4 Å². The van der Waals surface area contributed by atoms with Crippen LogP contribution < -0.4 is 10.5 Å². The van der Waals surface area contributed by atoms with Crippen molar-refractivity contribution < 1.29 is 13.2 Å². The lowest BCUT2D eigenvalue weighted by molar-refractivity contribution is 0.180. The summed E-state index contributed by atoms with van der Waals surface area (Å²) in [6.07, 6.45) is 0. The summed E-state index contributed by atoms with van der Waals surface area (Å²) in [7, 11) is -2.01. The first kappa shape index (κ1) is 16.1. The normalized spacial score (nSPS) is 13.5. The first-order chi connectivity index (χ1) is 8.81. The Morgan fingerprint density at radius 3 is 2.47 bits per heavy atom. The first-order valence-electron chi connectivity index (χ1n) is 6.13. The van der Waals surface area contributed by atoms with Crippen LogP contribution in [0.3, 0.4) is 0 Å². The molecule has 0 aliphatic rings. The molecule has 0 aliphatic carbocycles. The molecule has 0 radical (unpaired) electrons. The summed E-state index contributed by atoms with van der Waals surface area (Å²) in [5.74, 6) is 0. The Labute approximate surface area is 115 Å². The lowest BCUT2D eigenvalue weighted by Gasteiger charge is -2.16. The summed E-state index contributed by atoms with van der Waals surface area (Å²) in [6.45, 7) is 6.11. The molecule has 0 aromatic heterocycles. The van der Waals surface area contributed by atoms with E-state index < -0.39 is 10.0 Å². The molecule has 0 amide bonds. The van der Waals surface area contributed by atoms with Crippen molar-refractivity contribution in [1.82, 2.24) is 4.72 Å². The van der Waals surface area contributed by atoms with Gasteiger partial charge in [-0.1, -0.05) is 6.07 Å². The van der Waals surface area contributed by atoms with Gasteiger partial charge in [-0.25, -0.2) is 13.1 Å². The number of benzene rings is 1. The van der Waals surface area contributed by atoms with E-state index in [2.05, 4.69) is 4.72 Å². The fourth-order valence-corrected chi connectivity index (χ4v) is 3.50. The van der Waals surface area contributed by atoms with Crippen LogP contribution in [0.15, 0.2) is 17.0 Å². The van der Waals surface area contributed by atoms with Gasteiger partial charge in [0, 0.05) is 19.7 Å². The lowest BCUT2D eigenvalue weighted by atomic mass is 10.1. The molecule has 0 heterocycles. The summed E-state index contributed by atoms with van der Waals surface area (Å²) in [5, 5.41) is 0. The molecule has 0 spiro atoms. The van der Waals surface area contributed by atoms with Crippen LogP contribution in [0.4, 0.5) is 0 Å². The Bertz CT molecular complexity index is 541. The number of rotatable bonds is 6. The van der Waals surface area contributed by atoms with Crippen LogP contribution in [-0.4, -0.2) is 28.2 Å². The smallest absolute Gasteiger partial charge is 0.241 e. The summed E-state index contributed by atoms with van der Waals surface area (Å²) >= 11 is 0. The van der Waals surface area contributed by atoms with Crippen molar-refractivity contribution in [3.63, 3.8) is 0 Å². The minimum Gasteiger partial charge on any atom is -0.383 e. The van der Waals surface area contributed by atoms with E-state index in [1.54, 1.807) is 19.9 Å².